The summed E-state index contributed by atoms with van der Waals surface area (Å²) in [5.74, 6) is -0.155. The molecule has 2 heterocycles. The van der Waals surface area contributed by atoms with Gasteiger partial charge in [-0.1, -0.05) is 0 Å². The number of nitrogens with one attached hydrogen (secondary N) is 1. The number of hydrogen-bond acceptors (Lipinski definition) is 4. The Morgan fingerprint density at radius 3 is 3.00 bits per heavy atom. The van der Waals surface area contributed by atoms with Gasteiger partial charge in [-0.25, -0.2) is 9.37 Å². The molecule has 93 valence electrons. The third-order valence-electron chi connectivity index (χ3n) is 3.12. The van der Waals surface area contributed by atoms with E-state index in [-0.39, 0.29) is 17.2 Å². The molecule has 17 heavy (non-hydrogen) atoms. The van der Waals surface area contributed by atoms with Gasteiger partial charge in [0.2, 0.25) is 0 Å². The van der Waals surface area contributed by atoms with Crippen LogP contribution in [0.2, 0.25) is 0 Å². The lowest BCUT2D eigenvalue weighted by atomic mass is 9.94. The molecule has 0 unspecified atom stereocenters. The van der Waals surface area contributed by atoms with Crippen molar-refractivity contribution in [2.75, 3.05) is 32.2 Å². The van der Waals surface area contributed by atoms with Gasteiger partial charge in [-0.3, -0.25) is 0 Å². The summed E-state index contributed by atoms with van der Waals surface area (Å²) in [6.45, 7) is 1.87. The van der Waals surface area contributed by atoms with E-state index in [9.17, 15) is 4.39 Å². The van der Waals surface area contributed by atoms with E-state index in [0.717, 1.165) is 12.8 Å². The standard InChI is InChI=1S/C12H16FN2O2/c1-16-12(4-7-17-8-5-12)9-15-11-10(13)3-2-6-14-11/h2-3H,4-5,7-9H2,1H3,(H,14,15). The van der Waals surface area contributed by atoms with Crippen molar-refractivity contribution in [3.8, 4) is 0 Å². The third-order valence-corrected chi connectivity index (χ3v) is 3.12. The average Bonchev–Trinajstić information content (AvgIpc) is 2.39. The Labute approximate surface area is 100 Å². The second-order valence-electron chi connectivity index (χ2n) is 4.12. The van der Waals surface area contributed by atoms with E-state index in [1.54, 1.807) is 7.11 Å². The van der Waals surface area contributed by atoms with Gasteiger partial charge in [0.25, 0.3) is 0 Å². The first-order valence-electron chi connectivity index (χ1n) is 5.65. The fourth-order valence-corrected chi connectivity index (χ4v) is 1.91. The largest absolute Gasteiger partial charge is 0.381 e. The molecule has 1 N–H and O–H groups in total. The van der Waals surface area contributed by atoms with Crippen molar-refractivity contribution in [3.05, 3.63) is 24.1 Å². The summed E-state index contributed by atoms with van der Waals surface area (Å²) >= 11 is 0. The van der Waals surface area contributed by atoms with Crippen LogP contribution in [0.4, 0.5) is 10.2 Å². The maximum absolute atomic E-state index is 13.4. The lowest BCUT2D eigenvalue weighted by molar-refractivity contribution is -0.0807. The van der Waals surface area contributed by atoms with Crippen LogP contribution >= 0.6 is 0 Å². The van der Waals surface area contributed by atoms with Crippen molar-refractivity contribution in [1.82, 2.24) is 4.98 Å². The van der Waals surface area contributed by atoms with Crippen LogP contribution in [0, 0.1) is 12.0 Å². The SMILES string of the molecule is COC1(CNc2n[c]ccc2F)CCOCC1. The topological polar surface area (TPSA) is 43.4 Å². The van der Waals surface area contributed by atoms with Crippen LogP contribution in [0.3, 0.4) is 0 Å². The Morgan fingerprint density at radius 2 is 2.35 bits per heavy atom. The quantitative estimate of drug-likeness (QED) is 0.867. The van der Waals surface area contributed by atoms with Gasteiger partial charge >= 0.3 is 0 Å². The second kappa shape index (κ2) is 5.42. The first-order valence-corrected chi connectivity index (χ1v) is 5.65. The molecular formula is C12H16FN2O2. The van der Waals surface area contributed by atoms with Crippen molar-refractivity contribution in [1.29, 1.82) is 0 Å². The summed E-state index contributed by atoms with van der Waals surface area (Å²) in [6, 6.07) is 2.78. The van der Waals surface area contributed by atoms with Gasteiger partial charge in [0, 0.05) is 39.7 Å². The fraction of sp³-hybridized carbons (Fsp3) is 0.583. The molecule has 0 aliphatic carbocycles. The van der Waals surface area contributed by atoms with Gasteiger partial charge in [0.05, 0.1) is 11.8 Å². The number of pyridine rings is 1. The van der Waals surface area contributed by atoms with Crippen LogP contribution < -0.4 is 5.32 Å². The van der Waals surface area contributed by atoms with Crippen LogP contribution in [-0.4, -0.2) is 37.5 Å². The Bertz CT molecular complexity index is 367. The van der Waals surface area contributed by atoms with E-state index in [1.807, 2.05) is 0 Å². The first-order chi connectivity index (χ1) is 8.26. The van der Waals surface area contributed by atoms with Gasteiger partial charge in [0.1, 0.15) is 0 Å². The normalized spacial score (nSPS) is 18.9. The minimum absolute atomic E-state index is 0.218. The molecule has 1 radical (unpaired) electrons. The van der Waals surface area contributed by atoms with Crippen LogP contribution in [0.1, 0.15) is 12.8 Å². The number of anilines is 1. The van der Waals surface area contributed by atoms with E-state index in [1.165, 1.54) is 12.1 Å². The first kappa shape index (κ1) is 12.3. The summed E-state index contributed by atoms with van der Waals surface area (Å²) in [6.07, 6.45) is 4.20. The highest BCUT2D eigenvalue weighted by molar-refractivity contribution is 5.35. The smallest absolute Gasteiger partial charge is 0.165 e. The van der Waals surface area contributed by atoms with Gasteiger partial charge in [0.15, 0.2) is 11.6 Å². The zero-order chi connectivity index (χ0) is 12.1. The molecule has 0 bridgehead atoms. The molecule has 0 amide bonds. The monoisotopic (exact) mass is 239 g/mol. The number of aromatic nitrogens is 1. The van der Waals surface area contributed by atoms with E-state index >= 15 is 0 Å². The van der Waals surface area contributed by atoms with Crippen LogP contribution in [0.5, 0.6) is 0 Å². The number of methoxy groups -OCH3 is 1. The zero-order valence-electron chi connectivity index (χ0n) is 9.83. The maximum Gasteiger partial charge on any atom is 0.165 e. The fourth-order valence-electron chi connectivity index (χ4n) is 1.91. The summed E-state index contributed by atoms with van der Waals surface area (Å²) in [4.78, 5) is 3.83. The van der Waals surface area contributed by atoms with Crippen molar-refractivity contribution in [3.63, 3.8) is 0 Å². The van der Waals surface area contributed by atoms with Crippen molar-refractivity contribution in [2.45, 2.75) is 18.4 Å². The molecule has 0 spiro atoms. The molecule has 0 aromatic carbocycles. The van der Waals surface area contributed by atoms with E-state index < -0.39 is 0 Å². The van der Waals surface area contributed by atoms with E-state index in [0.29, 0.717) is 19.8 Å². The molecule has 0 saturated carbocycles. The number of hydrogen-bond donors (Lipinski definition) is 1. The van der Waals surface area contributed by atoms with Gasteiger partial charge in [-0.15, -0.1) is 0 Å². The van der Waals surface area contributed by atoms with E-state index in [2.05, 4.69) is 16.5 Å². The van der Waals surface area contributed by atoms with Crippen LogP contribution in [0.15, 0.2) is 12.1 Å². The lowest BCUT2D eigenvalue weighted by Crippen LogP contribution is -2.44. The molecule has 2 rings (SSSR count). The lowest BCUT2D eigenvalue weighted by Gasteiger charge is -2.36. The highest BCUT2D eigenvalue weighted by atomic mass is 19.1. The summed E-state index contributed by atoms with van der Waals surface area (Å²) in [5.41, 5.74) is -0.289. The molecule has 5 heteroatoms. The van der Waals surface area contributed by atoms with Gasteiger partial charge in [-0.05, 0) is 12.1 Å². The molecule has 1 saturated heterocycles. The highest BCUT2D eigenvalue weighted by Gasteiger charge is 2.32. The molecule has 4 nitrogen and oxygen atoms in total. The summed E-state index contributed by atoms with van der Waals surface area (Å²) in [5, 5.41) is 2.98. The predicted molar refractivity (Wildman–Crippen MR) is 61.3 cm³/mol. The maximum atomic E-state index is 13.4. The molecule has 1 aromatic rings. The van der Waals surface area contributed by atoms with Crippen molar-refractivity contribution in [2.24, 2.45) is 0 Å². The van der Waals surface area contributed by atoms with Crippen molar-refractivity contribution >= 4 is 5.82 Å². The summed E-state index contributed by atoms with van der Waals surface area (Å²) in [7, 11) is 1.67. The molecule has 1 aliphatic rings. The average molecular weight is 239 g/mol. The van der Waals surface area contributed by atoms with E-state index in [4.69, 9.17) is 9.47 Å². The number of ether oxygens (including phenoxy) is 2. The molecule has 1 aliphatic heterocycles. The van der Waals surface area contributed by atoms with Gasteiger partial charge < -0.3 is 14.8 Å². The molecule has 1 fully saturated rings. The molecule has 1 aromatic heterocycles. The zero-order valence-corrected chi connectivity index (χ0v) is 9.83. The second-order valence-corrected chi connectivity index (χ2v) is 4.12. The third kappa shape index (κ3) is 2.92. The number of nitrogens with zero attached hydrogens (tertiary/aromatic N) is 1. The Hall–Kier alpha value is -1.20. The predicted octanol–water partition coefficient (Wildman–Crippen LogP) is 1.63. The van der Waals surface area contributed by atoms with Crippen LogP contribution in [0.25, 0.3) is 0 Å². The minimum Gasteiger partial charge on any atom is -0.381 e. The van der Waals surface area contributed by atoms with Gasteiger partial charge in [-0.2, -0.15) is 0 Å². The number of rotatable bonds is 4. The Morgan fingerprint density at radius 1 is 1.59 bits per heavy atom. The minimum atomic E-state index is -0.373. The Kier molecular flexibility index (Phi) is 3.91. The molecular weight excluding hydrogens is 223 g/mol. The number of halogens is 1. The van der Waals surface area contributed by atoms with Crippen molar-refractivity contribution < 1.29 is 13.9 Å². The summed E-state index contributed by atoms with van der Waals surface area (Å²) < 4.78 is 24.2. The highest BCUT2D eigenvalue weighted by Crippen LogP contribution is 2.25. The molecule has 0 atom stereocenters. The Balaban J connectivity index is 1.98. The van der Waals surface area contributed by atoms with Crippen LogP contribution in [-0.2, 0) is 9.47 Å².